The lowest BCUT2D eigenvalue weighted by atomic mass is 10.1. The summed E-state index contributed by atoms with van der Waals surface area (Å²) in [5.74, 6) is -1.01. The van der Waals surface area contributed by atoms with E-state index in [0.29, 0.717) is 5.69 Å². The number of carbonyl (C=O) groups is 2. The Morgan fingerprint density at radius 2 is 1.90 bits per heavy atom. The molecule has 0 aliphatic rings. The number of imide groups is 1. The van der Waals surface area contributed by atoms with Crippen LogP contribution in [-0.4, -0.2) is 52.1 Å². The molecule has 0 spiro atoms. The number of H-pyrrole nitrogens is 1. The summed E-state index contributed by atoms with van der Waals surface area (Å²) in [6, 6.07) is -1.02. The Balaban J connectivity index is 2.90. The van der Waals surface area contributed by atoms with Crippen molar-refractivity contribution in [3.05, 3.63) is 18.2 Å². The van der Waals surface area contributed by atoms with E-state index in [1.54, 1.807) is 12.5 Å². The number of imidazole rings is 1. The highest BCUT2D eigenvalue weighted by atomic mass is 16.2. The molecule has 1 atom stereocenters. The molecule has 1 aromatic heterocycles. The monoisotopic (exact) mass is 280 g/mol. The molecule has 0 aliphatic carbocycles. The second-order valence-corrected chi connectivity index (χ2v) is 4.13. The van der Waals surface area contributed by atoms with Gasteiger partial charge in [-0.2, -0.15) is 0 Å². The molecule has 0 saturated heterocycles. The predicted octanol–water partition coefficient (Wildman–Crippen LogP) is -1.52. The second kappa shape index (κ2) is 8.18. The first-order valence-electron chi connectivity index (χ1n) is 6.24. The van der Waals surface area contributed by atoms with E-state index < -0.39 is 17.9 Å². The van der Waals surface area contributed by atoms with Gasteiger partial charge in [0, 0.05) is 38.5 Å². The molecule has 1 radical (unpaired) electrons. The zero-order valence-electron chi connectivity index (χ0n) is 11.0. The summed E-state index contributed by atoms with van der Waals surface area (Å²) in [6.07, 6.45) is 4.83. The van der Waals surface area contributed by atoms with E-state index in [9.17, 15) is 14.4 Å². The number of rotatable bonds is 8. The van der Waals surface area contributed by atoms with E-state index >= 15 is 0 Å². The third-order valence-corrected chi connectivity index (χ3v) is 2.66. The maximum atomic E-state index is 12.0. The van der Waals surface area contributed by atoms with E-state index in [0.717, 1.165) is 4.90 Å². The molecule has 1 heterocycles. The Kier molecular flexibility index (Phi) is 6.54. The van der Waals surface area contributed by atoms with Crippen LogP contribution in [0.1, 0.15) is 18.5 Å². The zero-order chi connectivity index (χ0) is 15.0. The minimum Gasteiger partial charge on any atom is -0.351 e. The van der Waals surface area contributed by atoms with Crippen molar-refractivity contribution in [3.8, 4) is 0 Å². The van der Waals surface area contributed by atoms with Gasteiger partial charge in [-0.15, -0.1) is 0 Å². The molecule has 0 aromatic carbocycles. The number of hydrogen-bond acceptors (Lipinski definition) is 6. The van der Waals surface area contributed by atoms with Crippen LogP contribution in [0, 0.1) is 0 Å². The fourth-order valence-corrected chi connectivity index (χ4v) is 1.76. The highest BCUT2D eigenvalue weighted by molar-refractivity contribution is 5.98. The van der Waals surface area contributed by atoms with Gasteiger partial charge < -0.3 is 16.5 Å². The zero-order valence-corrected chi connectivity index (χ0v) is 11.0. The van der Waals surface area contributed by atoms with E-state index in [-0.39, 0.29) is 32.4 Å². The van der Waals surface area contributed by atoms with Crippen LogP contribution in [0.5, 0.6) is 0 Å². The second-order valence-electron chi connectivity index (χ2n) is 4.13. The van der Waals surface area contributed by atoms with Crippen molar-refractivity contribution in [2.24, 2.45) is 11.5 Å². The Morgan fingerprint density at radius 1 is 1.30 bits per heavy atom. The van der Waals surface area contributed by atoms with Crippen molar-refractivity contribution >= 4 is 18.1 Å². The van der Waals surface area contributed by atoms with E-state index in [4.69, 9.17) is 11.5 Å². The summed E-state index contributed by atoms with van der Waals surface area (Å²) in [4.78, 5) is 42.6. The van der Waals surface area contributed by atoms with Gasteiger partial charge in [0.2, 0.25) is 18.1 Å². The quantitative estimate of drug-likeness (QED) is 0.529. The molecular weight excluding hydrogens is 262 g/mol. The van der Waals surface area contributed by atoms with Gasteiger partial charge in [-0.1, -0.05) is 0 Å². The first-order chi connectivity index (χ1) is 9.63. The predicted molar refractivity (Wildman–Crippen MR) is 71.0 cm³/mol. The van der Waals surface area contributed by atoms with Crippen LogP contribution in [0.15, 0.2) is 12.5 Å². The summed E-state index contributed by atoms with van der Waals surface area (Å²) in [5, 5.41) is 0. The van der Waals surface area contributed by atoms with E-state index in [1.165, 1.54) is 6.33 Å². The van der Waals surface area contributed by atoms with Gasteiger partial charge in [-0.3, -0.25) is 19.3 Å². The van der Waals surface area contributed by atoms with Gasteiger partial charge in [0.15, 0.2) is 0 Å². The number of carbonyl (C=O) groups excluding carboxylic acids is 3. The van der Waals surface area contributed by atoms with Crippen LogP contribution < -0.4 is 11.5 Å². The summed E-state index contributed by atoms with van der Waals surface area (Å²) < 4.78 is 0. The van der Waals surface area contributed by atoms with Crippen molar-refractivity contribution in [1.29, 1.82) is 0 Å². The summed E-state index contributed by atoms with van der Waals surface area (Å²) in [7, 11) is 0. The largest absolute Gasteiger partial charge is 0.351 e. The van der Waals surface area contributed by atoms with E-state index in [1.807, 2.05) is 0 Å². The molecule has 0 saturated carbocycles. The fourth-order valence-electron chi connectivity index (χ4n) is 1.76. The number of amides is 2. The Morgan fingerprint density at radius 3 is 2.30 bits per heavy atom. The van der Waals surface area contributed by atoms with Gasteiger partial charge >= 0.3 is 0 Å². The highest BCUT2D eigenvalue weighted by Crippen LogP contribution is 2.09. The Hall–Kier alpha value is -2.06. The molecule has 0 unspecified atom stereocenters. The topological polar surface area (TPSA) is 135 Å². The van der Waals surface area contributed by atoms with E-state index in [2.05, 4.69) is 9.97 Å². The maximum absolute atomic E-state index is 12.0. The van der Waals surface area contributed by atoms with Gasteiger partial charge in [0.1, 0.15) is 6.04 Å². The van der Waals surface area contributed by atoms with Crippen molar-refractivity contribution in [3.63, 3.8) is 0 Å². The van der Waals surface area contributed by atoms with Gasteiger partial charge in [-0.05, 0) is 0 Å². The van der Waals surface area contributed by atoms with Crippen molar-refractivity contribution < 1.29 is 14.4 Å². The minimum atomic E-state index is -1.02. The molecule has 0 fully saturated rings. The summed E-state index contributed by atoms with van der Waals surface area (Å²) >= 11 is 0. The van der Waals surface area contributed by atoms with Crippen LogP contribution in [0.4, 0.5) is 0 Å². The van der Waals surface area contributed by atoms with Gasteiger partial charge in [0.05, 0.1) is 12.0 Å². The fraction of sp³-hybridized carbons (Fsp3) is 0.500. The molecule has 0 aliphatic heterocycles. The Bertz CT molecular complexity index is 428. The number of aromatic amines is 1. The van der Waals surface area contributed by atoms with Crippen LogP contribution >= 0.6 is 0 Å². The van der Waals surface area contributed by atoms with Crippen LogP contribution in [0.3, 0.4) is 0 Å². The standard InChI is InChI=1S/C12H18N5O3/c13-3-1-11(19)17(12(20)2-4-14)10(7-18)5-9-6-15-8-16-9/h6,8,10H,1-5,13-14H2,(H,15,16)/t10-/m0/s1. The minimum absolute atomic E-state index is 0.0188. The smallest absolute Gasteiger partial charge is 0.231 e. The molecule has 8 nitrogen and oxygen atoms in total. The van der Waals surface area contributed by atoms with Crippen molar-refractivity contribution in [2.75, 3.05) is 13.1 Å². The Labute approximate surface area is 116 Å². The molecule has 1 rings (SSSR count). The number of hydrogen-bond donors (Lipinski definition) is 3. The number of nitrogens with zero attached hydrogens (tertiary/aromatic N) is 2. The molecule has 0 bridgehead atoms. The molecule has 2 amide bonds. The first-order valence-corrected chi connectivity index (χ1v) is 6.24. The SMILES string of the molecule is NCCC(=O)N(C(=O)CCN)[C@H]([C]=O)Cc1c[nH]cn1. The lowest BCUT2D eigenvalue weighted by Crippen LogP contribution is -2.47. The summed E-state index contributed by atoms with van der Waals surface area (Å²) in [5.41, 5.74) is 11.2. The lowest BCUT2D eigenvalue weighted by Gasteiger charge is -2.25. The normalized spacial score (nSPS) is 11.9. The number of aromatic nitrogens is 2. The molecular formula is C12H18N5O3. The molecule has 5 N–H and O–H groups in total. The van der Waals surface area contributed by atoms with Crippen LogP contribution in [0.2, 0.25) is 0 Å². The van der Waals surface area contributed by atoms with Gasteiger partial charge in [-0.25, -0.2) is 4.98 Å². The highest BCUT2D eigenvalue weighted by Gasteiger charge is 2.29. The molecule has 1 aromatic rings. The van der Waals surface area contributed by atoms with Crippen LogP contribution in [0.25, 0.3) is 0 Å². The van der Waals surface area contributed by atoms with Crippen LogP contribution in [-0.2, 0) is 20.8 Å². The third kappa shape index (κ3) is 4.25. The average molecular weight is 280 g/mol. The summed E-state index contributed by atoms with van der Waals surface area (Å²) in [6.45, 7) is 0.193. The molecule has 8 heteroatoms. The third-order valence-electron chi connectivity index (χ3n) is 2.66. The number of nitrogens with two attached hydrogens (primary N) is 2. The van der Waals surface area contributed by atoms with Crippen molar-refractivity contribution in [1.82, 2.24) is 14.9 Å². The first kappa shape index (κ1) is 16.0. The number of nitrogens with one attached hydrogen (secondary N) is 1. The van der Waals surface area contributed by atoms with Gasteiger partial charge in [0.25, 0.3) is 0 Å². The van der Waals surface area contributed by atoms with Crippen molar-refractivity contribution in [2.45, 2.75) is 25.3 Å². The molecule has 20 heavy (non-hydrogen) atoms. The maximum Gasteiger partial charge on any atom is 0.231 e. The lowest BCUT2D eigenvalue weighted by molar-refractivity contribution is -0.146. The molecule has 109 valence electrons. The average Bonchev–Trinajstić information content (AvgIpc) is 2.91.